The van der Waals surface area contributed by atoms with E-state index in [4.69, 9.17) is 0 Å². The maximum atomic E-state index is 13.3. The first kappa shape index (κ1) is 14.4. The highest BCUT2D eigenvalue weighted by Crippen LogP contribution is 2.20. The number of halogens is 1. The minimum atomic E-state index is -0.747. The van der Waals surface area contributed by atoms with Gasteiger partial charge in [-0.3, -0.25) is 14.9 Å². The molecule has 0 radical (unpaired) electrons. The molecule has 1 aliphatic rings. The van der Waals surface area contributed by atoms with Gasteiger partial charge in [-0.25, -0.2) is 4.39 Å². The van der Waals surface area contributed by atoms with Crippen LogP contribution in [0.3, 0.4) is 0 Å². The summed E-state index contributed by atoms with van der Waals surface area (Å²) in [5.41, 5.74) is -0.276. The molecule has 7 heteroatoms. The second-order valence-electron chi connectivity index (χ2n) is 4.80. The molecule has 0 aliphatic carbocycles. The fourth-order valence-electron chi connectivity index (χ4n) is 2.23. The molecule has 1 saturated heterocycles. The number of anilines is 1. The highest BCUT2D eigenvalue weighted by atomic mass is 19.1. The van der Waals surface area contributed by atoms with Crippen LogP contribution in [0.25, 0.3) is 0 Å². The van der Waals surface area contributed by atoms with E-state index in [1.54, 1.807) is 0 Å². The van der Waals surface area contributed by atoms with Gasteiger partial charge >= 0.3 is 0 Å². The monoisotopic (exact) mass is 281 g/mol. The second kappa shape index (κ2) is 6.42. The van der Waals surface area contributed by atoms with Gasteiger partial charge in [-0.2, -0.15) is 0 Å². The van der Waals surface area contributed by atoms with E-state index in [9.17, 15) is 19.3 Å². The molecular weight excluding hydrogens is 265 g/mol. The number of hydrogen-bond donors (Lipinski definition) is 2. The molecule has 2 N–H and O–H groups in total. The summed E-state index contributed by atoms with van der Waals surface area (Å²) in [6.45, 7) is 0.765. The fraction of sp³-hybridized carbons (Fsp3) is 0.462. The maximum Gasteiger partial charge on any atom is 0.274 e. The van der Waals surface area contributed by atoms with E-state index < -0.39 is 10.7 Å². The molecule has 0 spiro atoms. The molecule has 108 valence electrons. The van der Waals surface area contributed by atoms with Gasteiger partial charge in [0.15, 0.2) is 0 Å². The van der Waals surface area contributed by atoms with Crippen molar-refractivity contribution in [3.05, 3.63) is 34.1 Å². The third-order valence-electron chi connectivity index (χ3n) is 3.24. The fourth-order valence-corrected chi connectivity index (χ4v) is 2.23. The van der Waals surface area contributed by atoms with E-state index >= 15 is 0 Å². The van der Waals surface area contributed by atoms with E-state index in [1.807, 2.05) is 0 Å². The number of carbonyl (C=O) groups excluding carboxylic acids is 1. The molecule has 1 atom stereocenters. The van der Waals surface area contributed by atoms with E-state index in [1.165, 1.54) is 0 Å². The number of hydrogen-bond acceptors (Lipinski definition) is 4. The zero-order valence-electron chi connectivity index (χ0n) is 10.9. The van der Waals surface area contributed by atoms with Gasteiger partial charge in [0.25, 0.3) is 5.69 Å². The minimum absolute atomic E-state index is 0.104. The topological polar surface area (TPSA) is 84.3 Å². The highest BCUT2D eigenvalue weighted by molar-refractivity contribution is 5.95. The summed E-state index contributed by atoms with van der Waals surface area (Å²) in [7, 11) is 0. The normalized spacial score (nSPS) is 19.1. The Bertz CT molecular complexity index is 514. The predicted molar refractivity (Wildman–Crippen MR) is 71.9 cm³/mol. The van der Waals surface area contributed by atoms with Crippen LogP contribution in [0.2, 0.25) is 0 Å². The Morgan fingerprint density at radius 3 is 2.90 bits per heavy atom. The molecule has 0 bridgehead atoms. The van der Waals surface area contributed by atoms with Crippen molar-refractivity contribution in [2.24, 2.45) is 0 Å². The first-order chi connectivity index (χ1) is 9.56. The Kier molecular flexibility index (Phi) is 4.62. The van der Waals surface area contributed by atoms with E-state index in [0.717, 1.165) is 44.0 Å². The van der Waals surface area contributed by atoms with Crippen molar-refractivity contribution in [1.82, 2.24) is 5.32 Å². The molecule has 1 aliphatic heterocycles. The Morgan fingerprint density at radius 1 is 1.35 bits per heavy atom. The van der Waals surface area contributed by atoms with Gasteiger partial charge in [0.1, 0.15) is 5.82 Å². The van der Waals surface area contributed by atoms with Crippen molar-refractivity contribution >= 4 is 17.3 Å². The maximum absolute atomic E-state index is 13.3. The van der Waals surface area contributed by atoms with Crippen LogP contribution in [0.4, 0.5) is 15.8 Å². The largest absolute Gasteiger partial charge is 0.324 e. The summed E-state index contributed by atoms with van der Waals surface area (Å²) in [5, 5.41) is 16.3. The summed E-state index contributed by atoms with van der Waals surface area (Å²) in [5.74, 6) is -1.03. The van der Waals surface area contributed by atoms with Crippen molar-refractivity contribution in [3.8, 4) is 0 Å². The molecule has 1 aromatic carbocycles. The first-order valence-corrected chi connectivity index (χ1v) is 6.55. The lowest BCUT2D eigenvalue weighted by atomic mass is 10.1. The van der Waals surface area contributed by atoms with E-state index in [2.05, 4.69) is 10.6 Å². The average molecular weight is 281 g/mol. The average Bonchev–Trinajstić information content (AvgIpc) is 2.66. The number of nitro groups is 1. The molecular formula is C13H16FN3O3. The van der Waals surface area contributed by atoms with E-state index in [-0.39, 0.29) is 23.3 Å². The number of amides is 1. The quantitative estimate of drug-likeness (QED) is 0.657. The molecule has 1 heterocycles. The Morgan fingerprint density at radius 2 is 2.15 bits per heavy atom. The molecule has 2 rings (SSSR count). The van der Waals surface area contributed by atoms with Gasteiger partial charge in [-0.05, 0) is 25.5 Å². The number of rotatable bonds is 3. The Balaban J connectivity index is 2.08. The van der Waals surface area contributed by atoms with Crippen LogP contribution in [0.1, 0.15) is 25.7 Å². The van der Waals surface area contributed by atoms with Crippen molar-refractivity contribution in [2.45, 2.75) is 31.7 Å². The first-order valence-electron chi connectivity index (χ1n) is 6.55. The van der Waals surface area contributed by atoms with Crippen LogP contribution >= 0.6 is 0 Å². The lowest BCUT2D eigenvalue weighted by Crippen LogP contribution is -2.39. The van der Waals surface area contributed by atoms with Crippen LogP contribution in [-0.4, -0.2) is 23.4 Å². The van der Waals surface area contributed by atoms with Crippen molar-refractivity contribution in [3.63, 3.8) is 0 Å². The van der Waals surface area contributed by atoms with Gasteiger partial charge in [0.2, 0.25) is 5.91 Å². The van der Waals surface area contributed by atoms with Gasteiger partial charge in [-0.1, -0.05) is 12.8 Å². The Labute approximate surface area is 115 Å². The third kappa shape index (κ3) is 3.74. The van der Waals surface area contributed by atoms with Gasteiger partial charge in [0.05, 0.1) is 22.7 Å². The number of non-ortho nitro benzene ring substituents is 1. The zero-order valence-corrected chi connectivity index (χ0v) is 10.9. The van der Waals surface area contributed by atoms with Crippen molar-refractivity contribution < 1.29 is 14.1 Å². The smallest absolute Gasteiger partial charge is 0.274 e. The van der Waals surface area contributed by atoms with Gasteiger partial charge < -0.3 is 10.6 Å². The third-order valence-corrected chi connectivity index (χ3v) is 3.24. The summed E-state index contributed by atoms with van der Waals surface area (Å²) in [6, 6.07) is 2.71. The minimum Gasteiger partial charge on any atom is -0.324 e. The molecule has 1 unspecified atom stereocenters. The molecule has 20 heavy (non-hydrogen) atoms. The number of nitrogens with one attached hydrogen (secondary N) is 2. The summed E-state index contributed by atoms with van der Waals surface area (Å²) in [6.07, 6.45) is 3.76. The lowest BCUT2D eigenvalue weighted by molar-refractivity contribution is -0.385. The summed E-state index contributed by atoms with van der Waals surface area (Å²) in [4.78, 5) is 22.0. The van der Waals surface area contributed by atoms with Crippen molar-refractivity contribution in [1.29, 1.82) is 0 Å². The Hall–Kier alpha value is -2.02. The second-order valence-corrected chi connectivity index (χ2v) is 4.80. The number of carbonyl (C=O) groups is 1. The van der Waals surface area contributed by atoms with Gasteiger partial charge in [-0.15, -0.1) is 0 Å². The van der Waals surface area contributed by atoms with Gasteiger partial charge in [0, 0.05) is 6.07 Å². The molecule has 1 amide bonds. The molecule has 0 saturated carbocycles. The van der Waals surface area contributed by atoms with Crippen LogP contribution in [-0.2, 0) is 4.79 Å². The summed E-state index contributed by atoms with van der Waals surface area (Å²) >= 11 is 0. The van der Waals surface area contributed by atoms with Crippen LogP contribution in [0.5, 0.6) is 0 Å². The van der Waals surface area contributed by atoms with Crippen molar-refractivity contribution in [2.75, 3.05) is 11.9 Å². The van der Waals surface area contributed by atoms with Crippen LogP contribution in [0.15, 0.2) is 18.2 Å². The molecule has 1 aromatic rings. The number of nitro benzene ring substituents is 1. The highest BCUT2D eigenvalue weighted by Gasteiger charge is 2.20. The predicted octanol–water partition coefficient (Wildman–Crippen LogP) is 2.20. The summed E-state index contributed by atoms with van der Waals surface area (Å²) < 4.78 is 13.3. The standard InChI is InChI=1S/C13H16FN3O3/c14-9-6-10(8-11(7-9)17(19)20)16-13(18)12-4-2-1-3-5-15-12/h6-8,12,15H,1-5H2,(H,16,18). The number of benzene rings is 1. The molecule has 1 fully saturated rings. The zero-order chi connectivity index (χ0) is 14.5. The number of nitrogens with zero attached hydrogens (tertiary/aromatic N) is 1. The SMILES string of the molecule is O=C(Nc1cc(F)cc([N+](=O)[O-])c1)C1CCCCCN1. The van der Waals surface area contributed by atoms with Crippen LogP contribution in [0, 0.1) is 15.9 Å². The van der Waals surface area contributed by atoms with E-state index in [0.29, 0.717) is 6.42 Å². The lowest BCUT2D eigenvalue weighted by Gasteiger charge is -2.15. The molecule has 6 nitrogen and oxygen atoms in total. The molecule has 0 aromatic heterocycles. The van der Waals surface area contributed by atoms with Crippen LogP contribution < -0.4 is 10.6 Å².